The van der Waals surface area contributed by atoms with Crippen LogP contribution in [0.15, 0.2) is 48.5 Å². The first-order valence-electron chi connectivity index (χ1n) is 8.44. The van der Waals surface area contributed by atoms with E-state index in [-0.39, 0.29) is 11.7 Å². The summed E-state index contributed by atoms with van der Waals surface area (Å²) in [5, 5.41) is 2.92. The fourth-order valence-corrected chi connectivity index (χ4v) is 4.04. The molecule has 0 bridgehead atoms. The topological polar surface area (TPSA) is 75.3 Å². The molecule has 7 heteroatoms. The third kappa shape index (κ3) is 4.04. The average molecular weight is 376 g/mol. The quantitative estimate of drug-likeness (QED) is 0.836. The SMILES string of the molecule is CS(=O)(=O)Nc1ccc(NC(=O)C2(c3ccc(F)cc3)CCCC2)cc1. The molecule has 3 rings (SSSR count). The van der Waals surface area contributed by atoms with Crippen LogP contribution >= 0.6 is 0 Å². The maximum atomic E-state index is 13.3. The number of hydrogen-bond acceptors (Lipinski definition) is 3. The molecule has 0 atom stereocenters. The molecule has 1 fully saturated rings. The maximum Gasteiger partial charge on any atom is 0.235 e. The van der Waals surface area contributed by atoms with Gasteiger partial charge < -0.3 is 5.32 Å². The van der Waals surface area contributed by atoms with Crippen molar-refractivity contribution in [3.63, 3.8) is 0 Å². The van der Waals surface area contributed by atoms with Gasteiger partial charge in [0.15, 0.2) is 0 Å². The molecule has 2 aromatic rings. The molecule has 0 radical (unpaired) electrons. The highest BCUT2D eigenvalue weighted by Crippen LogP contribution is 2.42. The van der Waals surface area contributed by atoms with Gasteiger partial charge in [-0.15, -0.1) is 0 Å². The van der Waals surface area contributed by atoms with Crippen LogP contribution in [-0.4, -0.2) is 20.6 Å². The van der Waals surface area contributed by atoms with Gasteiger partial charge in [0.25, 0.3) is 0 Å². The van der Waals surface area contributed by atoms with Crippen molar-refractivity contribution in [2.45, 2.75) is 31.1 Å². The summed E-state index contributed by atoms with van der Waals surface area (Å²) in [7, 11) is -3.34. The maximum absolute atomic E-state index is 13.3. The first-order chi connectivity index (χ1) is 12.3. The number of amides is 1. The molecule has 138 valence electrons. The van der Waals surface area contributed by atoms with E-state index in [0.717, 1.165) is 37.5 Å². The van der Waals surface area contributed by atoms with Crippen LogP contribution in [0.25, 0.3) is 0 Å². The number of benzene rings is 2. The van der Waals surface area contributed by atoms with E-state index < -0.39 is 15.4 Å². The summed E-state index contributed by atoms with van der Waals surface area (Å²) >= 11 is 0. The van der Waals surface area contributed by atoms with E-state index in [2.05, 4.69) is 10.0 Å². The number of rotatable bonds is 5. The van der Waals surface area contributed by atoms with Crippen molar-refractivity contribution >= 4 is 27.3 Å². The number of sulfonamides is 1. The molecule has 0 heterocycles. The lowest BCUT2D eigenvalue weighted by Gasteiger charge is -2.28. The number of carbonyl (C=O) groups is 1. The van der Waals surface area contributed by atoms with Crippen LogP contribution in [0, 0.1) is 5.82 Å². The second-order valence-corrected chi connectivity index (χ2v) is 8.45. The number of anilines is 2. The summed E-state index contributed by atoms with van der Waals surface area (Å²) in [5.74, 6) is -0.443. The minimum atomic E-state index is -3.34. The van der Waals surface area contributed by atoms with E-state index in [9.17, 15) is 17.6 Å². The Balaban J connectivity index is 1.79. The molecule has 0 unspecified atom stereocenters. The van der Waals surface area contributed by atoms with E-state index in [1.807, 2.05) is 0 Å². The van der Waals surface area contributed by atoms with E-state index in [4.69, 9.17) is 0 Å². The zero-order valence-corrected chi connectivity index (χ0v) is 15.3. The second kappa shape index (κ2) is 7.07. The molecular weight excluding hydrogens is 355 g/mol. The lowest BCUT2D eigenvalue weighted by molar-refractivity contribution is -0.121. The zero-order valence-electron chi connectivity index (χ0n) is 14.5. The molecule has 2 N–H and O–H groups in total. The Morgan fingerprint density at radius 1 is 0.962 bits per heavy atom. The molecule has 1 aliphatic carbocycles. The fraction of sp³-hybridized carbons (Fsp3) is 0.316. The van der Waals surface area contributed by atoms with Gasteiger partial charge in [-0.1, -0.05) is 25.0 Å². The summed E-state index contributed by atoms with van der Waals surface area (Å²) in [5.41, 5.74) is 1.18. The molecule has 26 heavy (non-hydrogen) atoms. The van der Waals surface area contributed by atoms with Crippen LogP contribution in [0.1, 0.15) is 31.2 Å². The van der Waals surface area contributed by atoms with Gasteiger partial charge >= 0.3 is 0 Å². The predicted molar refractivity (Wildman–Crippen MR) is 100 cm³/mol. The van der Waals surface area contributed by atoms with Crippen molar-refractivity contribution in [2.24, 2.45) is 0 Å². The predicted octanol–water partition coefficient (Wildman–Crippen LogP) is 3.65. The van der Waals surface area contributed by atoms with Crippen LogP contribution in [-0.2, 0) is 20.2 Å². The lowest BCUT2D eigenvalue weighted by atomic mass is 9.78. The minimum Gasteiger partial charge on any atom is -0.325 e. The van der Waals surface area contributed by atoms with Crippen LogP contribution < -0.4 is 10.0 Å². The molecule has 2 aromatic carbocycles. The largest absolute Gasteiger partial charge is 0.325 e. The Hall–Kier alpha value is -2.41. The van der Waals surface area contributed by atoms with Crippen molar-refractivity contribution in [1.82, 2.24) is 0 Å². The van der Waals surface area contributed by atoms with Gasteiger partial charge in [-0.2, -0.15) is 0 Å². The average Bonchev–Trinajstić information content (AvgIpc) is 3.07. The summed E-state index contributed by atoms with van der Waals surface area (Å²) in [6.45, 7) is 0. The van der Waals surface area contributed by atoms with E-state index in [0.29, 0.717) is 11.4 Å². The van der Waals surface area contributed by atoms with Gasteiger partial charge in [-0.25, -0.2) is 12.8 Å². The molecule has 0 aromatic heterocycles. The summed E-state index contributed by atoms with van der Waals surface area (Å²) in [4.78, 5) is 13.0. The Labute approximate surface area is 152 Å². The second-order valence-electron chi connectivity index (χ2n) is 6.70. The van der Waals surface area contributed by atoms with Crippen molar-refractivity contribution in [2.75, 3.05) is 16.3 Å². The highest BCUT2D eigenvalue weighted by Gasteiger charge is 2.42. The number of hydrogen-bond donors (Lipinski definition) is 2. The first kappa shape index (κ1) is 18.4. The molecule has 1 aliphatic rings. The molecular formula is C19H21FN2O3S. The Morgan fingerprint density at radius 3 is 2.04 bits per heavy atom. The third-order valence-electron chi connectivity index (χ3n) is 4.73. The van der Waals surface area contributed by atoms with Crippen LogP contribution in [0.4, 0.5) is 15.8 Å². The Morgan fingerprint density at radius 2 is 1.50 bits per heavy atom. The smallest absolute Gasteiger partial charge is 0.235 e. The van der Waals surface area contributed by atoms with E-state index in [1.165, 1.54) is 12.1 Å². The monoisotopic (exact) mass is 376 g/mol. The summed E-state index contributed by atoms with van der Waals surface area (Å²) in [6.07, 6.45) is 4.41. The zero-order chi connectivity index (χ0) is 18.8. The molecule has 0 spiro atoms. The van der Waals surface area contributed by atoms with Gasteiger partial charge in [-0.05, 0) is 54.8 Å². The normalized spacial score (nSPS) is 16.2. The molecule has 0 aliphatic heterocycles. The number of nitrogens with one attached hydrogen (secondary N) is 2. The highest BCUT2D eigenvalue weighted by molar-refractivity contribution is 7.92. The molecule has 0 saturated heterocycles. The molecule has 5 nitrogen and oxygen atoms in total. The van der Waals surface area contributed by atoms with Crippen LogP contribution in [0.3, 0.4) is 0 Å². The number of halogens is 1. The number of carbonyl (C=O) groups excluding carboxylic acids is 1. The van der Waals surface area contributed by atoms with E-state index in [1.54, 1.807) is 36.4 Å². The first-order valence-corrected chi connectivity index (χ1v) is 10.3. The highest BCUT2D eigenvalue weighted by atomic mass is 32.2. The van der Waals surface area contributed by atoms with Crippen LogP contribution in [0.2, 0.25) is 0 Å². The van der Waals surface area contributed by atoms with Crippen molar-refractivity contribution in [1.29, 1.82) is 0 Å². The fourth-order valence-electron chi connectivity index (χ4n) is 3.48. The van der Waals surface area contributed by atoms with Gasteiger partial charge in [0.2, 0.25) is 15.9 Å². The standard InChI is InChI=1S/C19H21FN2O3S/c1-26(24,25)22-17-10-8-16(9-11-17)21-18(23)19(12-2-3-13-19)14-4-6-15(20)7-5-14/h4-11,22H,2-3,12-13H2,1H3,(H,21,23). The van der Waals surface area contributed by atoms with Gasteiger partial charge in [0.05, 0.1) is 11.7 Å². The summed E-state index contributed by atoms with van der Waals surface area (Å²) < 4.78 is 38.1. The third-order valence-corrected chi connectivity index (χ3v) is 5.34. The van der Waals surface area contributed by atoms with Crippen LogP contribution in [0.5, 0.6) is 0 Å². The van der Waals surface area contributed by atoms with Gasteiger partial charge in [-0.3, -0.25) is 9.52 Å². The lowest BCUT2D eigenvalue weighted by Crippen LogP contribution is -2.38. The Bertz CT molecular complexity index is 887. The minimum absolute atomic E-state index is 0.120. The van der Waals surface area contributed by atoms with Crippen molar-refractivity contribution in [3.8, 4) is 0 Å². The molecule has 1 saturated carbocycles. The molecule has 1 amide bonds. The van der Waals surface area contributed by atoms with E-state index >= 15 is 0 Å². The van der Waals surface area contributed by atoms with Crippen molar-refractivity contribution in [3.05, 3.63) is 59.9 Å². The summed E-state index contributed by atoms with van der Waals surface area (Å²) in [6, 6.07) is 12.6. The van der Waals surface area contributed by atoms with Gasteiger partial charge in [0.1, 0.15) is 5.82 Å². The Kier molecular flexibility index (Phi) is 5.00. The van der Waals surface area contributed by atoms with Gasteiger partial charge in [0, 0.05) is 11.4 Å². The van der Waals surface area contributed by atoms with Crippen molar-refractivity contribution < 1.29 is 17.6 Å².